The highest BCUT2D eigenvalue weighted by Crippen LogP contribution is 2.43. The van der Waals surface area contributed by atoms with Crippen molar-refractivity contribution in [3.8, 4) is 0 Å². The average Bonchev–Trinajstić information content (AvgIpc) is 2.93. The summed E-state index contributed by atoms with van der Waals surface area (Å²) in [6, 6.07) is 0. The first-order chi connectivity index (χ1) is 7.08. The Morgan fingerprint density at radius 1 is 1.40 bits per heavy atom. The van der Waals surface area contributed by atoms with E-state index in [-0.39, 0.29) is 0 Å². The molecule has 1 aliphatic carbocycles. The van der Waals surface area contributed by atoms with Crippen LogP contribution in [-0.4, -0.2) is 29.0 Å². The van der Waals surface area contributed by atoms with Crippen molar-refractivity contribution in [3.63, 3.8) is 0 Å². The van der Waals surface area contributed by atoms with Crippen LogP contribution in [0.15, 0.2) is 4.47 Å². The molecule has 0 aliphatic heterocycles. The number of nitrogens with zero attached hydrogens (tertiary/aromatic N) is 3. The molecule has 1 heterocycles. The molecule has 1 aromatic heterocycles. The van der Waals surface area contributed by atoms with Gasteiger partial charge in [-0.3, -0.25) is 0 Å². The Labute approximate surface area is 98.0 Å². The Kier molecular flexibility index (Phi) is 2.93. The Bertz CT molecular complexity index is 374. The zero-order valence-electron chi connectivity index (χ0n) is 9.00. The molecule has 0 bridgehead atoms. The van der Waals surface area contributed by atoms with Gasteiger partial charge in [-0.2, -0.15) is 0 Å². The molecule has 15 heavy (non-hydrogen) atoms. The molecule has 2 N–H and O–H groups in total. The standard InChI is InChI=1S/C10H15BrN4/c1-15(2)5-7-13-9(6-3-4-6)8(11)10(12)14-7/h6H,3-5H2,1-2H3,(H2,12,13,14). The molecule has 5 heteroatoms. The van der Waals surface area contributed by atoms with E-state index in [4.69, 9.17) is 5.73 Å². The highest BCUT2D eigenvalue weighted by molar-refractivity contribution is 9.10. The van der Waals surface area contributed by atoms with Gasteiger partial charge in [-0.25, -0.2) is 9.97 Å². The maximum atomic E-state index is 5.85. The minimum atomic E-state index is 0.559. The predicted octanol–water partition coefficient (Wildman–Crippen LogP) is 1.76. The monoisotopic (exact) mass is 270 g/mol. The van der Waals surface area contributed by atoms with Gasteiger partial charge in [-0.1, -0.05) is 0 Å². The number of hydrogen-bond acceptors (Lipinski definition) is 4. The molecule has 2 rings (SSSR count). The molecule has 82 valence electrons. The number of rotatable bonds is 3. The fourth-order valence-electron chi connectivity index (χ4n) is 1.51. The van der Waals surface area contributed by atoms with Crippen molar-refractivity contribution in [1.29, 1.82) is 0 Å². The molecule has 0 saturated heterocycles. The Morgan fingerprint density at radius 3 is 2.60 bits per heavy atom. The molecule has 1 aliphatic rings. The van der Waals surface area contributed by atoms with E-state index in [2.05, 4.69) is 25.9 Å². The molecule has 1 aromatic rings. The lowest BCUT2D eigenvalue weighted by Gasteiger charge is -2.11. The third kappa shape index (κ3) is 2.46. The summed E-state index contributed by atoms with van der Waals surface area (Å²) >= 11 is 3.46. The molecular weight excluding hydrogens is 256 g/mol. The molecule has 0 spiro atoms. The number of nitrogens with two attached hydrogens (primary N) is 1. The van der Waals surface area contributed by atoms with Gasteiger partial charge in [0.15, 0.2) is 0 Å². The molecule has 1 fully saturated rings. The van der Waals surface area contributed by atoms with Crippen molar-refractivity contribution in [2.24, 2.45) is 0 Å². The summed E-state index contributed by atoms with van der Waals surface area (Å²) in [5.41, 5.74) is 6.93. The minimum absolute atomic E-state index is 0.559. The maximum absolute atomic E-state index is 5.85. The Morgan fingerprint density at radius 2 is 2.07 bits per heavy atom. The summed E-state index contributed by atoms with van der Waals surface area (Å²) < 4.78 is 0.882. The van der Waals surface area contributed by atoms with Crippen LogP contribution in [0.4, 0.5) is 5.82 Å². The van der Waals surface area contributed by atoms with E-state index in [0.717, 1.165) is 22.5 Å². The molecule has 0 aromatic carbocycles. The van der Waals surface area contributed by atoms with Gasteiger partial charge in [0, 0.05) is 5.92 Å². The lowest BCUT2D eigenvalue weighted by Crippen LogP contribution is -2.15. The topological polar surface area (TPSA) is 55.0 Å². The minimum Gasteiger partial charge on any atom is -0.383 e. The van der Waals surface area contributed by atoms with E-state index in [1.165, 1.54) is 12.8 Å². The third-order valence-corrected chi connectivity index (χ3v) is 3.18. The van der Waals surface area contributed by atoms with Crippen LogP contribution in [0.2, 0.25) is 0 Å². The highest BCUT2D eigenvalue weighted by atomic mass is 79.9. The van der Waals surface area contributed by atoms with E-state index in [9.17, 15) is 0 Å². The quantitative estimate of drug-likeness (QED) is 0.910. The summed E-state index contributed by atoms with van der Waals surface area (Å²) in [5, 5.41) is 0. The highest BCUT2D eigenvalue weighted by Gasteiger charge is 2.28. The average molecular weight is 271 g/mol. The van der Waals surface area contributed by atoms with Crippen LogP contribution in [0.3, 0.4) is 0 Å². The van der Waals surface area contributed by atoms with Crippen molar-refractivity contribution in [2.45, 2.75) is 25.3 Å². The number of nitrogen functional groups attached to an aromatic ring is 1. The molecule has 4 nitrogen and oxygen atoms in total. The predicted molar refractivity (Wildman–Crippen MR) is 63.5 cm³/mol. The number of hydrogen-bond donors (Lipinski definition) is 1. The second-order valence-corrected chi connectivity index (χ2v) is 5.03. The van der Waals surface area contributed by atoms with Gasteiger partial charge in [0.2, 0.25) is 0 Å². The first-order valence-corrected chi connectivity index (χ1v) is 5.83. The van der Waals surface area contributed by atoms with Crippen LogP contribution in [0.1, 0.15) is 30.3 Å². The maximum Gasteiger partial charge on any atom is 0.145 e. The fourth-order valence-corrected chi connectivity index (χ4v) is 2.01. The van der Waals surface area contributed by atoms with E-state index in [1.54, 1.807) is 0 Å². The normalized spacial score (nSPS) is 16.0. The first-order valence-electron chi connectivity index (χ1n) is 5.04. The van der Waals surface area contributed by atoms with Crippen LogP contribution in [0.5, 0.6) is 0 Å². The summed E-state index contributed by atoms with van der Waals surface area (Å²) in [4.78, 5) is 10.9. The number of aromatic nitrogens is 2. The summed E-state index contributed by atoms with van der Waals surface area (Å²) in [7, 11) is 4.00. The van der Waals surface area contributed by atoms with E-state index < -0.39 is 0 Å². The van der Waals surface area contributed by atoms with Gasteiger partial charge in [0.25, 0.3) is 0 Å². The number of halogens is 1. The lowest BCUT2D eigenvalue weighted by atomic mass is 10.2. The smallest absolute Gasteiger partial charge is 0.145 e. The van der Waals surface area contributed by atoms with Gasteiger partial charge < -0.3 is 10.6 Å². The molecule has 0 unspecified atom stereocenters. The van der Waals surface area contributed by atoms with Crippen molar-refractivity contribution in [3.05, 3.63) is 16.0 Å². The molecular formula is C10H15BrN4. The van der Waals surface area contributed by atoms with Gasteiger partial charge in [0.1, 0.15) is 11.6 Å². The molecule has 1 saturated carbocycles. The Balaban J connectivity index is 2.32. The lowest BCUT2D eigenvalue weighted by molar-refractivity contribution is 0.390. The van der Waals surface area contributed by atoms with Crippen molar-refractivity contribution < 1.29 is 0 Å². The zero-order chi connectivity index (χ0) is 11.0. The van der Waals surface area contributed by atoms with Crippen LogP contribution in [0, 0.1) is 0 Å². The fraction of sp³-hybridized carbons (Fsp3) is 0.600. The Hall–Kier alpha value is -0.680. The van der Waals surface area contributed by atoms with Gasteiger partial charge >= 0.3 is 0 Å². The SMILES string of the molecule is CN(C)Cc1nc(N)c(Br)c(C2CC2)n1. The largest absolute Gasteiger partial charge is 0.383 e. The zero-order valence-corrected chi connectivity index (χ0v) is 10.6. The second-order valence-electron chi connectivity index (χ2n) is 4.24. The second kappa shape index (κ2) is 4.06. The van der Waals surface area contributed by atoms with E-state index >= 15 is 0 Å². The number of anilines is 1. The third-order valence-electron chi connectivity index (χ3n) is 2.37. The summed E-state index contributed by atoms with van der Waals surface area (Å²) in [6.07, 6.45) is 2.44. The van der Waals surface area contributed by atoms with Gasteiger partial charge in [-0.05, 0) is 42.9 Å². The molecule has 0 amide bonds. The van der Waals surface area contributed by atoms with Crippen molar-refractivity contribution in [2.75, 3.05) is 19.8 Å². The van der Waals surface area contributed by atoms with E-state index in [0.29, 0.717) is 11.7 Å². The van der Waals surface area contributed by atoms with Crippen LogP contribution in [0.25, 0.3) is 0 Å². The van der Waals surface area contributed by atoms with Crippen LogP contribution in [-0.2, 0) is 6.54 Å². The van der Waals surface area contributed by atoms with Crippen molar-refractivity contribution in [1.82, 2.24) is 14.9 Å². The van der Waals surface area contributed by atoms with E-state index in [1.807, 2.05) is 19.0 Å². The van der Waals surface area contributed by atoms with Crippen molar-refractivity contribution >= 4 is 21.7 Å². The van der Waals surface area contributed by atoms with Crippen LogP contribution >= 0.6 is 15.9 Å². The molecule has 0 atom stereocenters. The molecule has 0 radical (unpaired) electrons. The summed E-state index contributed by atoms with van der Waals surface area (Å²) in [5.74, 6) is 1.96. The van der Waals surface area contributed by atoms with Gasteiger partial charge in [0.05, 0.1) is 16.7 Å². The van der Waals surface area contributed by atoms with Gasteiger partial charge in [-0.15, -0.1) is 0 Å². The first kappa shape index (κ1) is 10.8. The van der Waals surface area contributed by atoms with Crippen LogP contribution < -0.4 is 5.73 Å². The summed E-state index contributed by atoms with van der Waals surface area (Å²) in [6.45, 7) is 0.733.